The molecule has 1 aromatic rings. The van der Waals surface area contributed by atoms with E-state index in [1.165, 1.54) is 64.0 Å². The molecule has 3 rings (SSSR count). The van der Waals surface area contributed by atoms with E-state index in [4.69, 9.17) is 4.74 Å². The van der Waals surface area contributed by atoms with Gasteiger partial charge in [0.25, 0.3) is 5.91 Å². The Morgan fingerprint density at radius 3 is 2.28 bits per heavy atom. The summed E-state index contributed by atoms with van der Waals surface area (Å²) in [7, 11) is -0.684. The SMILES string of the molecule is C[C@H](OC(=O)c1ccc(S(=O)(=O)N(C)C)cc1)C(=O)N[C@H](C)[C@@H]1C[C@H]2CC[C@H]1C2. The molecule has 7 nitrogen and oxygen atoms in total. The molecule has 1 N–H and O–H groups in total. The predicted molar refractivity (Wildman–Crippen MR) is 109 cm³/mol. The van der Waals surface area contributed by atoms with Crippen molar-refractivity contribution in [3.8, 4) is 0 Å². The van der Waals surface area contributed by atoms with Crippen LogP contribution in [0.15, 0.2) is 29.2 Å². The fraction of sp³-hybridized carbons (Fsp3) is 0.619. The van der Waals surface area contributed by atoms with Gasteiger partial charge in [-0.05, 0) is 75.1 Å². The molecule has 0 aromatic heterocycles. The van der Waals surface area contributed by atoms with Crippen LogP contribution in [-0.4, -0.2) is 50.8 Å². The maximum absolute atomic E-state index is 12.5. The first-order valence-electron chi connectivity index (χ1n) is 10.1. The van der Waals surface area contributed by atoms with Crippen LogP contribution >= 0.6 is 0 Å². The van der Waals surface area contributed by atoms with Crippen LogP contribution < -0.4 is 5.32 Å². The van der Waals surface area contributed by atoms with E-state index >= 15 is 0 Å². The molecule has 1 aromatic carbocycles. The van der Waals surface area contributed by atoms with Crippen molar-refractivity contribution in [3.05, 3.63) is 29.8 Å². The van der Waals surface area contributed by atoms with E-state index in [-0.39, 0.29) is 22.4 Å². The second kappa shape index (κ2) is 8.44. The number of amides is 1. The minimum Gasteiger partial charge on any atom is -0.449 e. The lowest BCUT2D eigenvalue weighted by atomic mass is 9.84. The number of nitrogens with one attached hydrogen (secondary N) is 1. The van der Waals surface area contributed by atoms with Gasteiger partial charge in [-0.15, -0.1) is 0 Å². The van der Waals surface area contributed by atoms with Crippen LogP contribution in [0.1, 0.15) is 49.9 Å². The number of carbonyl (C=O) groups excluding carboxylic acids is 2. The maximum Gasteiger partial charge on any atom is 0.338 e. The van der Waals surface area contributed by atoms with Gasteiger partial charge >= 0.3 is 5.97 Å². The van der Waals surface area contributed by atoms with E-state index in [0.717, 1.165) is 10.2 Å². The Kier molecular flexibility index (Phi) is 6.33. The third-order valence-corrected chi connectivity index (χ3v) is 8.16. The Morgan fingerprint density at radius 1 is 1.10 bits per heavy atom. The minimum absolute atomic E-state index is 0.0643. The summed E-state index contributed by atoms with van der Waals surface area (Å²) in [5, 5.41) is 3.00. The van der Waals surface area contributed by atoms with E-state index in [9.17, 15) is 18.0 Å². The molecule has 0 unspecified atom stereocenters. The molecule has 0 radical (unpaired) electrons. The summed E-state index contributed by atoms with van der Waals surface area (Å²) in [6.07, 6.45) is 4.08. The van der Waals surface area contributed by atoms with Gasteiger partial charge in [0.2, 0.25) is 10.0 Å². The third-order valence-electron chi connectivity index (χ3n) is 6.33. The molecule has 0 heterocycles. The Morgan fingerprint density at radius 2 is 1.76 bits per heavy atom. The Labute approximate surface area is 172 Å². The first-order chi connectivity index (χ1) is 13.6. The van der Waals surface area contributed by atoms with E-state index in [0.29, 0.717) is 11.8 Å². The first kappa shape index (κ1) is 21.8. The molecule has 160 valence electrons. The number of nitrogens with zero attached hydrogens (tertiary/aromatic N) is 1. The van der Waals surface area contributed by atoms with Crippen LogP contribution in [0.4, 0.5) is 0 Å². The summed E-state index contributed by atoms with van der Waals surface area (Å²) >= 11 is 0. The fourth-order valence-electron chi connectivity index (χ4n) is 4.61. The normalized spacial score (nSPS) is 25.6. The van der Waals surface area contributed by atoms with Crippen LogP contribution in [0, 0.1) is 17.8 Å². The average Bonchev–Trinajstić information content (AvgIpc) is 3.31. The number of fused-ring (bicyclic) bond motifs is 2. The molecule has 1 amide bonds. The second-order valence-electron chi connectivity index (χ2n) is 8.50. The molecular weight excluding hydrogens is 392 g/mol. The summed E-state index contributed by atoms with van der Waals surface area (Å²) in [6.45, 7) is 3.58. The van der Waals surface area contributed by atoms with E-state index in [2.05, 4.69) is 5.32 Å². The molecule has 0 aliphatic heterocycles. The van der Waals surface area contributed by atoms with Crippen molar-refractivity contribution >= 4 is 21.9 Å². The smallest absolute Gasteiger partial charge is 0.338 e. The van der Waals surface area contributed by atoms with Crippen molar-refractivity contribution in [2.75, 3.05) is 14.1 Å². The highest BCUT2D eigenvalue weighted by molar-refractivity contribution is 7.89. The number of benzene rings is 1. The summed E-state index contributed by atoms with van der Waals surface area (Å²) in [6, 6.07) is 5.55. The van der Waals surface area contributed by atoms with Gasteiger partial charge in [-0.3, -0.25) is 4.79 Å². The highest BCUT2D eigenvalue weighted by atomic mass is 32.2. The van der Waals surface area contributed by atoms with Crippen molar-refractivity contribution in [2.24, 2.45) is 17.8 Å². The van der Waals surface area contributed by atoms with Crippen LogP contribution in [-0.2, 0) is 19.6 Å². The van der Waals surface area contributed by atoms with Crippen LogP contribution in [0.2, 0.25) is 0 Å². The van der Waals surface area contributed by atoms with Gasteiger partial charge in [0.15, 0.2) is 6.10 Å². The predicted octanol–water partition coefficient (Wildman–Crippen LogP) is 2.42. The Hall–Kier alpha value is -1.93. The van der Waals surface area contributed by atoms with Crippen LogP contribution in [0.25, 0.3) is 0 Å². The maximum atomic E-state index is 12.5. The first-order valence-corrected chi connectivity index (χ1v) is 11.6. The quantitative estimate of drug-likeness (QED) is 0.681. The fourth-order valence-corrected chi connectivity index (χ4v) is 5.51. The van der Waals surface area contributed by atoms with Gasteiger partial charge in [-0.1, -0.05) is 6.42 Å². The number of rotatable bonds is 7. The monoisotopic (exact) mass is 422 g/mol. The molecule has 2 saturated carbocycles. The van der Waals surface area contributed by atoms with Crippen molar-refractivity contribution < 1.29 is 22.7 Å². The van der Waals surface area contributed by atoms with Crippen molar-refractivity contribution in [1.29, 1.82) is 0 Å². The second-order valence-corrected chi connectivity index (χ2v) is 10.6. The lowest BCUT2D eigenvalue weighted by Gasteiger charge is -2.29. The lowest BCUT2D eigenvalue weighted by Crippen LogP contribution is -2.45. The third kappa shape index (κ3) is 4.64. The molecular formula is C21H30N2O5S. The molecule has 0 spiro atoms. The highest BCUT2D eigenvalue weighted by Crippen LogP contribution is 2.49. The molecule has 0 saturated heterocycles. The summed E-state index contributed by atoms with van der Waals surface area (Å²) in [5.41, 5.74) is 0.198. The zero-order valence-corrected chi connectivity index (χ0v) is 18.2. The molecule has 2 aliphatic rings. The molecule has 29 heavy (non-hydrogen) atoms. The van der Waals surface area contributed by atoms with E-state index < -0.39 is 22.1 Å². The molecule has 2 aliphatic carbocycles. The molecule has 2 fully saturated rings. The number of sulfonamides is 1. The van der Waals surface area contributed by atoms with Gasteiger partial charge in [-0.2, -0.15) is 0 Å². The number of hydrogen-bond acceptors (Lipinski definition) is 5. The van der Waals surface area contributed by atoms with Gasteiger partial charge < -0.3 is 10.1 Å². The Balaban J connectivity index is 1.55. The zero-order chi connectivity index (χ0) is 21.3. The van der Waals surface area contributed by atoms with Crippen LogP contribution in [0.5, 0.6) is 0 Å². The van der Waals surface area contributed by atoms with Gasteiger partial charge in [0.1, 0.15) is 0 Å². The number of ether oxygens (including phenoxy) is 1. The standard InChI is InChI=1S/C21H30N2O5S/c1-13(19-12-15-5-6-17(19)11-15)22-20(24)14(2)28-21(25)16-7-9-18(10-8-16)29(26,27)23(3)4/h7-10,13-15,17,19H,5-6,11-12H2,1-4H3,(H,22,24)/t13-,14+,15+,17+,19+/m1/s1. The van der Waals surface area contributed by atoms with E-state index in [1.807, 2.05) is 6.92 Å². The van der Waals surface area contributed by atoms with Crippen molar-refractivity contribution in [3.63, 3.8) is 0 Å². The summed E-state index contributed by atoms with van der Waals surface area (Å²) in [4.78, 5) is 24.9. The lowest BCUT2D eigenvalue weighted by molar-refractivity contribution is -0.130. The summed E-state index contributed by atoms with van der Waals surface area (Å²) < 4.78 is 30.6. The van der Waals surface area contributed by atoms with Crippen molar-refractivity contribution in [1.82, 2.24) is 9.62 Å². The van der Waals surface area contributed by atoms with E-state index in [1.54, 1.807) is 6.92 Å². The highest BCUT2D eigenvalue weighted by Gasteiger charge is 2.42. The van der Waals surface area contributed by atoms with Crippen LogP contribution in [0.3, 0.4) is 0 Å². The van der Waals surface area contributed by atoms with Gasteiger partial charge in [0.05, 0.1) is 10.5 Å². The summed E-state index contributed by atoms with van der Waals surface area (Å²) in [5.74, 6) is 1.05. The average molecular weight is 423 g/mol. The zero-order valence-electron chi connectivity index (χ0n) is 17.4. The Bertz CT molecular complexity index is 866. The molecule has 8 heteroatoms. The molecule has 2 bridgehead atoms. The number of carbonyl (C=O) groups is 2. The van der Waals surface area contributed by atoms with Crippen molar-refractivity contribution in [2.45, 2.75) is 56.6 Å². The number of esters is 1. The largest absolute Gasteiger partial charge is 0.449 e. The van der Waals surface area contributed by atoms with Gasteiger partial charge in [-0.25, -0.2) is 17.5 Å². The molecule has 5 atom stereocenters. The minimum atomic E-state index is -3.56. The topological polar surface area (TPSA) is 92.8 Å². The number of hydrogen-bond donors (Lipinski definition) is 1. The van der Waals surface area contributed by atoms with Gasteiger partial charge in [0, 0.05) is 20.1 Å².